The van der Waals surface area contributed by atoms with Crippen LogP contribution in [-0.4, -0.2) is 48.8 Å². The van der Waals surface area contributed by atoms with Crippen molar-refractivity contribution in [2.24, 2.45) is 5.92 Å². The van der Waals surface area contributed by atoms with E-state index < -0.39 is 46.0 Å². The number of rotatable bonds is 7. The van der Waals surface area contributed by atoms with Gasteiger partial charge in [-0.2, -0.15) is 4.39 Å². The van der Waals surface area contributed by atoms with Crippen LogP contribution in [0.2, 0.25) is 0 Å². The van der Waals surface area contributed by atoms with E-state index in [0.29, 0.717) is 5.69 Å². The Hall–Kier alpha value is -4.35. The Morgan fingerprint density at radius 3 is 2.55 bits per heavy atom. The summed E-state index contributed by atoms with van der Waals surface area (Å²) in [7, 11) is 1.20. The highest BCUT2D eigenvalue weighted by Crippen LogP contribution is 2.30. The van der Waals surface area contributed by atoms with Crippen molar-refractivity contribution >= 4 is 40.8 Å². The number of amides is 3. The molecule has 1 heterocycles. The molecule has 11 nitrogen and oxygen atoms in total. The lowest BCUT2D eigenvalue weighted by Gasteiger charge is -2.16. The van der Waals surface area contributed by atoms with Crippen LogP contribution < -0.4 is 15.5 Å². The monoisotopic (exact) mass is 458 g/mol. The molecular weight excluding hydrogens is 439 g/mol. The van der Waals surface area contributed by atoms with E-state index in [1.54, 1.807) is 0 Å². The van der Waals surface area contributed by atoms with E-state index in [-0.39, 0.29) is 30.8 Å². The van der Waals surface area contributed by atoms with E-state index in [1.165, 1.54) is 42.3 Å². The van der Waals surface area contributed by atoms with Crippen LogP contribution in [0.1, 0.15) is 16.8 Å². The van der Waals surface area contributed by atoms with E-state index >= 15 is 0 Å². The largest absolute Gasteiger partial charge is 0.468 e. The molecular formula is C21H19FN4O7. The summed E-state index contributed by atoms with van der Waals surface area (Å²) in [6, 6.07) is 8.97. The third-order valence-electron chi connectivity index (χ3n) is 4.97. The molecule has 1 aliphatic rings. The van der Waals surface area contributed by atoms with Crippen LogP contribution in [0, 0.1) is 21.8 Å². The fourth-order valence-electron chi connectivity index (χ4n) is 3.22. The predicted molar refractivity (Wildman–Crippen MR) is 113 cm³/mol. The predicted octanol–water partition coefficient (Wildman–Crippen LogP) is 1.63. The number of halogens is 1. The molecule has 33 heavy (non-hydrogen) atoms. The maximum absolute atomic E-state index is 13.6. The quantitative estimate of drug-likeness (QED) is 0.364. The van der Waals surface area contributed by atoms with E-state index in [1.807, 2.05) is 0 Å². The average Bonchev–Trinajstić information content (AvgIpc) is 3.19. The smallest absolute Gasteiger partial charge is 0.325 e. The lowest BCUT2D eigenvalue weighted by atomic mass is 10.1. The standard InChI is InChI=1S/C21H19FN4O7/c1-33-19(28)10-23-20(29)12-2-4-14(5-3-12)24-21(30)13-8-18(27)25(11-13)15-6-7-16(22)17(9-15)26(31)32/h2-7,9,13H,8,10-11H2,1H3,(H,23,29)(H,24,30). The molecule has 2 aromatic rings. The molecule has 0 aliphatic carbocycles. The number of methoxy groups -OCH3 is 1. The molecule has 2 aromatic carbocycles. The van der Waals surface area contributed by atoms with Crippen molar-refractivity contribution in [3.05, 3.63) is 64.0 Å². The Balaban J connectivity index is 1.62. The zero-order chi connectivity index (χ0) is 24.1. The van der Waals surface area contributed by atoms with Crippen molar-refractivity contribution in [2.75, 3.05) is 30.4 Å². The fourth-order valence-corrected chi connectivity index (χ4v) is 3.22. The molecule has 3 amide bonds. The van der Waals surface area contributed by atoms with E-state index in [2.05, 4.69) is 15.4 Å². The first-order valence-electron chi connectivity index (χ1n) is 9.70. The van der Waals surface area contributed by atoms with Crippen LogP contribution in [0.3, 0.4) is 0 Å². The van der Waals surface area contributed by atoms with Gasteiger partial charge in [-0.15, -0.1) is 0 Å². The van der Waals surface area contributed by atoms with Gasteiger partial charge in [0.2, 0.25) is 17.6 Å². The molecule has 2 N–H and O–H groups in total. The number of hydrogen-bond donors (Lipinski definition) is 2. The first-order chi connectivity index (χ1) is 15.7. The second-order valence-electron chi connectivity index (χ2n) is 7.12. The summed E-state index contributed by atoms with van der Waals surface area (Å²) in [4.78, 5) is 59.3. The zero-order valence-corrected chi connectivity index (χ0v) is 17.4. The number of anilines is 2. The number of carbonyl (C=O) groups excluding carboxylic acids is 4. The summed E-state index contributed by atoms with van der Waals surface area (Å²) < 4.78 is 18.0. The number of nitrogens with zero attached hydrogens (tertiary/aromatic N) is 2. The molecule has 172 valence electrons. The van der Waals surface area contributed by atoms with Gasteiger partial charge >= 0.3 is 11.7 Å². The van der Waals surface area contributed by atoms with Crippen molar-refractivity contribution in [3.63, 3.8) is 0 Å². The van der Waals surface area contributed by atoms with Crippen molar-refractivity contribution in [2.45, 2.75) is 6.42 Å². The van der Waals surface area contributed by atoms with Crippen LogP contribution in [0.4, 0.5) is 21.5 Å². The second kappa shape index (κ2) is 9.85. The van der Waals surface area contributed by atoms with Gasteiger partial charge in [-0.3, -0.25) is 29.3 Å². The van der Waals surface area contributed by atoms with Gasteiger partial charge in [0, 0.05) is 30.3 Å². The Kier molecular flexibility index (Phi) is 6.96. The fraction of sp³-hybridized carbons (Fsp3) is 0.238. The lowest BCUT2D eigenvalue weighted by molar-refractivity contribution is -0.387. The third-order valence-corrected chi connectivity index (χ3v) is 4.97. The molecule has 1 fully saturated rings. The van der Waals surface area contributed by atoms with Crippen LogP contribution in [0.25, 0.3) is 0 Å². The Morgan fingerprint density at radius 1 is 1.21 bits per heavy atom. The minimum Gasteiger partial charge on any atom is -0.468 e. The summed E-state index contributed by atoms with van der Waals surface area (Å²) in [6.45, 7) is -0.307. The van der Waals surface area contributed by atoms with Crippen molar-refractivity contribution in [1.82, 2.24) is 5.32 Å². The highest BCUT2D eigenvalue weighted by Gasteiger charge is 2.36. The summed E-state index contributed by atoms with van der Waals surface area (Å²) in [6.07, 6.45) is -0.120. The van der Waals surface area contributed by atoms with Crippen LogP contribution in [-0.2, 0) is 19.1 Å². The molecule has 1 saturated heterocycles. The molecule has 0 saturated carbocycles. The van der Waals surface area contributed by atoms with Crippen molar-refractivity contribution < 1.29 is 33.2 Å². The van der Waals surface area contributed by atoms with Crippen molar-refractivity contribution in [3.8, 4) is 0 Å². The maximum atomic E-state index is 13.6. The highest BCUT2D eigenvalue weighted by atomic mass is 19.1. The van der Waals surface area contributed by atoms with Crippen LogP contribution in [0.5, 0.6) is 0 Å². The van der Waals surface area contributed by atoms with Crippen LogP contribution in [0.15, 0.2) is 42.5 Å². The normalized spacial score (nSPS) is 15.2. The maximum Gasteiger partial charge on any atom is 0.325 e. The summed E-state index contributed by atoms with van der Waals surface area (Å²) in [5.41, 5.74) is 0.0134. The molecule has 0 spiro atoms. The Bertz CT molecular complexity index is 1120. The van der Waals surface area contributed by atoms with E-state index in [4.69, 9.17) is 0 Å². The Morgan fingerprint density at radius 2 is 1.91 bits per heavy atom. The van der Waals surface area contributed by atoms with Gasteiger partial charge in [0.25, 0.3) is 5.91 Å². The minimum absolute atomic E-state index is 0.0263. The second-order valence-corrected chi connectivity index (χ2v) is 7.12. The summed E-state index contributed by atoms with van der Waals surface area (Å²) >= 11 is 0. The minimum atomic E-state index is -1.02. The SMILES string of the molecule is COC(=O)CNC(=O)c1ccc(NC(=O)C2CC(=O)N(c3ccc(F)c([N+](=O)[O-])c3)C2)cc1. The highest BCUT2D eigenvalue weighted by molar-refractivity contribution is 6.04. The van der Waals surface area contributed by atoms with Crippen LogP contribution >= 0.6 is 0 Å². The molecule has 1 unspecified atom stereocenters. The molecule has 12 heteroatoms. The first-order valence-corrected chi connectivity index (χ1v) is 9.70. The molecule has 1 atom stereocenters. The number of nitro groups is 1. The van der Waals surface area contributed by atoms with E-state index in [9.17, 15) is 33.7 Å². The molecule has 3 rings (SSSR count). The van der Waals surface area contributed by atoms with Gasteiger partial charge < -0.3 is 20.3 Å². The van der Waals surface area contributed by atoms with Gasteiger partial charge in [-0.05, 0) is 36.4 Å². The topological polar surface area (TPSA) is 148 Å². The average molecular weight is 458 g/mol. The number of carbonyl (C=O) groups is 4. The van der Waals surface area contributed by atoms with E-state index in [0.717, 1.165) is 12.1 Å². The molecule has 1 aliphatic heterocycles. The van der Waals surface area contributed by atoms with Gasteiger partial charge in [-0.1, -0.05) is 0 Å². The number of hydrogen-bond acceptors (Lipinski definition) is 7. The first kappa shape index (κ1) is 23.3. The zero-order valence-electron chi connectivity index (χ0n) is 17.4. The molecule has 0 radical (unpaired) electrons. The molecule has 0 aromatic heterocycles. The number of ether oxygens (including phenoxy) is 1. The van der Waals surface area contributed by atoms with Gasteiger partial charge in [0.15, 0.2) is 0 Å². The lowest BCUT2D eigenvalue weighted by Crippen LogP contribution is -2.30. The number of nitro benzene ring substituents is 1. The van der Waals surface area contributed by atoms with Gasteiger partial charge in [-0.25, -0.2) is 0 Å². The van der Waals surface area contributed by atoms with Gasteiger partial charge in [0.1, 0.15) is 6.54 Å². The summed E-state index contributed by atoms with van der Waals surface area (Å²) in [5.74, 6) is -3.72. The van der Waals surface area contributed by atoms with Crippen molar-refractivity contribution in [1.29, 1.82) is 0 Å². The number of nitrogens with one attached hydrogen (secondary N) is 2. The third kappa shape index (κ3) is 5.47. The Labute approximate surface area is 186 Å². The number of benzene rings is 2. The molecule has 0 bridgehead atoms. The van der Waals surface area contributed by atoms with Gasteiger partial charge in [0.05, 0.1) is 23.6 Å². The summed E-state index contributed by atoms with van der Waals surface area (Å²) in [5, 5.41) is 16.0. The number of esters is 1.